The van der Waals surface area contributed by atoms with Crippen LogP contribution in [0.15, 0.2) is 0 Å². The van der Waals surface area contributed by atoms with E-state index in [0.717, 1.165) is 25.9 Å². The molecule has 0 aromatic heterocycles. The molecule has 2 fully saturated rings. The van der Waals surface area contributed by atoms with Gasteiger partial charge in [-0.15, -0.1) is 0 Å². The molecule has 5 nitrogen and oxygen atoms in total. The van der Waals surface area contributed by atoms with Crippen molar-refractivity contribution in [3.63, 3.8) is 0 Å². The molecule has 5 heteroatoms. The average Bonchev–Trinajstić information content (AvgIpc) is 2.68. The van der Waals surface area contributed by atoms with Gasteiger partial charge in [0, 0.05) is 19.5 Å². The second kappa shape index (κ2) is 4.41. The van der Waals surface area contributed by atoms with Crippen molar-refractivity contribution >= 4 is 11.9 Å². The van der Waals surface area contributed by atoms with E-state index in [1.807, 2.05) is 0 Å². The fourth-order valence-corrected chi connectivity index (χ4v) is 2.15. The van der Waals surface area contributed by atoms with Crippen LogP contribution in [0.5, 0.6) is 0 Å². The van der Waals surface area contributed by atoms with Crippen LogP contribution in [0.3, 0.4) is 0 Å². The summed E-state index contributed by atoms with van der Waals surface area (Å²) in [6, 6.07) is 0. The molecule has 0 aromatic carbocycles. The van der Waals surface area contributed by atoms with Crippen molar-refractivity contribution in [3.8, 4) is 0 Å². The van der Waals surface area contributed by atoms with E-state index in [-0.39, 0.29) is 12.5 Å². The van der Waals surface area contributed by atoms with E-state index >= 15 is 0 Å². The number of nitrogens with zero attached hydrogens (tertiary/aromatic N) is 1. The van der Waals surface area contributed by atoms with Gasteiger partial charge in [0.25, 0.3) is 5.91 Å². The number of hydrogen-bond donors (Lipinski definition) is 0. The van der Waals surface area contributed by atoms with Gasteiger partial charge in [0.1, 0.15) is 0 Å². The zero-order valence-corrected chi connectivity index (χ0v) is 9.53. The van der Waals surface area contributed by atoms with E-state index in [9.17, 15) is 9.59 Å². The number of esters is 1. The van der Waals surface area contributed by atoms with Crippen molar-refractivity contribution in [2.45, 2.75) is 31.8 Å². The van der Waals surface area contributed by atoms with Crippen LogP contribution in [0.4, 0.5) is 0 Å². The first-order valence-electron chi connectivity index (χ1n) is 5.81. The smallest absolute Gasteiger partial charge is 0.348 e. The van der Waals surface area contributed by atoms with E-state index in [2.05, 4.69) is 0 Å². The Morgan fingerprint density at radius 2 is 2.00 bits per heavy atom. The van der Waals surface area contributed by atoms with Gasteiger partial charge < -0.3 is 14.4 Å². The zero-order valence-electron chi connectivity index (χ0n) is 9.53. The summed E-state index contributed by atoms with van der Waals surface area (Å²) in [4.78, 5) is 25.6. The summed E-state index contributed by atoms with van der Waals surface area (Å²) in [5.74, 6) is -0.743. The fraction of sp³-hybridized carbons (Fsp3) is 0.818. The second-order valence-electron chi connectivity index (χ2n) is 4.15. The monoisotopic (exact) mass is 227 g/mol. The molecule has 0 bridgehead atoms. The minimum Gasteiger partial charge on any atom is -0.463 e. The van der Waals surface area contributed by atoms with Crippen LogP contribution in [-0.4, -0.2) is 48.7 Å². The Bertz CT molecular complexity index is 292. The predicted octanol–water partition coefficient (Wildman–Crippen LogP) is 0.331. The molecule has 1 amide bonds. The Hall–Kier alpha value is -1.10. The predicted molar refractivity (Wildman–Crippen MR) is 55.7 cm³/mol. The third-order valence-electron chi connectivity index (χ3n) is 3.15. The highest BCUT2D eigenvalue weighted by molar-refractivity contribution is 6.07. The maximum absolute atomic E-state index is 12.2. The normalized spacial score (nSPS) is 28.7. The molecule has 2 aliphatic heterocycles. The standard InChI is InChI=1S/C11H17NO4/c1-2-15-10(14)11(5-8-16-11)9(13)12-6-3-4-7-12/h2-8H2,1H3. The number of carbonyl (C=O) groups is 2. The van der Waals surface area contributed by atoms with E-state index in [1.54, 1.807) is 11.8 Å². The summed E-state index contributed by atoms with van der Waals surface area (Å²) in [7, 11) is 0. The number of rotatable bonds is 3. The first-order chi connectivity index (χ1) is 7.70. The Balaban J connectivity index is 2.08. The van der Waals surface area contributed by atoms with Gasteiger partial charge in [0.15, 0.2) is 0 Å². The molecule has 2 rings (SSSR count). The fourth-order valence-electron chi connectivity index (χ4n) is 2.15. The van der Waals surface area contributed by atoms with Gasteiger partial charge in [-0.3, -0.25) is 4.79 Å². The van der Waals surface area contributed by atoms with Crippen molar-refractivity contribution in [1.82, 2.24) is 4.90 Å². The lowest BCUT2D eigenvalue weighted by Gasteiger charge is -2.39. The molecule has 0 N–H and O–H groups in total. The summed E-state index contributed by atoms with van der Waals surface area (Å²) in [6.07, 6.45) is 2.45. The van der Waals surface area contributed by atoms with Crippen molar-refractivity contribution in [2.75, 3.05) is 26.3 Å². The first-order valence-corrected chi connectivity index (χ1v) is 5.81. The highest BCUT2D eigenvalue weighted by Crippen LogP contribution is 2.31. The van der Waals surface area contributed by atoms with Crippen LogP contribution in [0, 0.1) is 0 Å². The number of ether oxygens (including phenoxy) is 2. The molecule has 2 aliphatic rings. The van der Waals surface area contributed by atoms with Crippen LogP contribution < -0.4 is 0 Å². The Kier molecular flexibility index (Phi) is 3.14. The van der Waals surface area contributed by atoms with Gasteiger partial charge >= 0.3 is 5.97 Å². The Morgan fingerprint density at radius 1 is 1.38 bits per heavy atom. The molecule has 2 saturated heterocycles. The first kappa shape index (κ1) is 11.4. The van der Waals surface area contributed by atoms with Crippen molar-refractivity contribution in [2.24, 2.45) is 0 Å². The second-order valence-corrected chi connectivity index (χ2v) is 4.15. The Labute approximate surface area is 94.7 Å². The molecule has 2 heterocycles. The van der Waals surface area contributed by atoms with E-state index in [4.69, 9.17) is 9.47 Å². The van der Waals surface area contributed by atoms with Gasteiger partial charge in [-0.25, -0.2) is 4.79 Å². The molecule has 0 spiro atoms. The quantitative estimate of drug-likeness (QED) is 0.515. The third-order valence-corrected chi connectivity index (χ3v) is 3.15. The minimum atomic E-state index is -1.32. The number of amides is 1. The molecule has 1 unspecified atom stereocenters. The molecular weight excluding hydrogens is 210 g/mol. The maximum atomic E-state index is 12.2. The molecule has 0 radical (unpaired) electrons. The number of carbonyl (C=O) groups excluding carboxylic acids is 2. The summed E-state index contributed by atoms with van der Waals surface area (Å²) >= 11 is 0. The summed E-state index contributed by atoms with van der Waals surface area (Å²) in [6.45, 7) is 3.91. The molecular formula is C11H17NO4. The topological polar surface area (TPSA) is 55.8 Å². The lowest BCUT2D eigenvalue weighted by molar-refractivity contribution is -0.207. The van der Waals surface area contributed by atoms with Crippen LogP contribution in [0.1, 0.15) is 26.2 Å². The molecule has 90 valence electrons. The molecule has 16 heavy (non-hydrogen) atoms. The zero-order chi connectivity index (χ0) is 11.6. The number of likely N-dealkylation sites (tertiary alicyclic amines) is 1. The highest BCUT2D eigenvalue weighted by atomic mass is 16.6. The highest BCUT2D eigenvalue weighted by Gasteiger charge is 2.56. The van der Waals surface area contributed by atoms with Crippen molar-refractivity contribution in [1.29, 1.82) is 0 Å². The third kappa shape index (κ3) is 1.69. The SMILES string of the molecule is CCOC(=O)C1(C(=O)N2CCCC2)CCO1. The van der Waals surface area contributed by atoms with Crippen LogP contribution in [0.25, 0.3) is 0 Å². The van der Waals surface area contributed by atoms with E-state index in [0.29, 0.717) is 13.0 Å². The van der Waals surface area contributed by atoms with Gasteiger partial charge in [0.2, 0.25) is 5.60 Å². The Morgan fingerprint density at radius 3 is 2.44 bits per heavy atom. The summed E-state index contributed by atoms with van der Waals surface area (Å²) in [5.41, 5.74) is -1.32. The van der Waals surface area contributed by atoms with E-state index < -0.39 is 11.6 Å². The van der Waals surface area contributed by atoms with E-state index in [1.165, 1.54) is 0 Å². The van der Waals surface area contributed by atoms with Gasteiger partial charge in [-0.2, -0.15) is 0 Å². The average molecular weight is 227 g/mol. The largest absolute Gasteiger partial charge is 0.463 e. The van der Waals surface area contributed by atoms with Crippen molar-refractivity contribution in [3.05, 3.63) is 0 Å². The van der Waals surface area contributed by atoms with Crippen LogP contribution in [-0.2, 0) is 19.1 Å². The molecule has 1 atom stereocenters. The molecule has 0 saturated carbocycles. The van der Waals surface area contributed by atoms with Crippen LogP contribution >= 0.6 is 0 Å². The summed E-state index contributed by atoms with van der Waals surface area (Å²) in [5, 5.41) is 0. The summed E-state index contributed by atoms with van der Waals surface area (Å²) < 4.78 is 10.2. The van der Waals surface area contributed by atoms with Crippen LogP contribution in [0.2, 0.25) is 0 Å². The minimum absolute atomic E-state index is 0.213. The van der Waals surface area contributed by atoms with Gasteiger partial charge in [-0.1, -0.05) is 0 Å². The van der Waals surface area contributed by atoms with Crippen molar-refractivity contribution < 1.29 is 19.1 Å². The molecule has 0 aliphatic carbocycles. The molecule has 0 aromatic rings. The lowest BCUT2D eigenvalue weighted by atomic mass is 9.93. The lowest BCUT2D eigenvalue weighted by Crippen LogP contribution is -2.62. The number of hydrogen-bond acceptors (Lipinski definition) is 4. The van der Waals surface area contributed by atoms with Gasteiger partial charge in [-0.05, 0) is 19.8 Å². The maximum Gasteiger partial charge on any atom is 0.348 e. The van der Waals surface area contributed by atoms with Gasteiger partial charge in [0.05, 0.1) is 13.2 Å².